The molecule has 3 nitrogen and oxygen atoms in total. The summed E-state index contributed by atoms with van der Waals surface area (Å²) in [4.78, 5) is 0.336. The van der Waals surface area contributed by atoms with Gasteiger partial charge in [-0.3, -0.25) is 0 Å². The van der Waals surface area contributed by atoms with Gasteiger partial charge in [0.05, 0.1) is 10.4 Å². The maximum Gasteiger partial charge on any atom is 0.268 e. The lowest BCUT2D eigenvalue weighted by Crippen LogP contribution is -2.16. The summed E-state index contributed by atoms with van der Waals surface area (Å²) in [6, 6.07) is 23.6. The molecule has 1 aromatic heterocycles. The first-order chi connectivity index (χ1) is 14.4. The standard InChI is InChI=1S/C26H25NO2S/c1-17-8-12-20(13-9-17)23-16-24(23)26-19(3)22-6-4-5-7-25(22)27(26)30(28,29)21-14-10-18(2)11-15-21/h4-15,23-24H,16H2,1-3H3/t23-,24?/m0/s1. The molecule has 152 valence electrons. The molecule has 0 saturated heterocycles. The molecule has 1 unspecified atom stereocenters. The van der Waals surface area contributed by atoms with Crippen molar-refractivity contribution in [3.05, 3.63) is 101 Å². The summed E-state index contributed by atoms with van der Waals surface area (Å²) >= 11 is 0. The van der Waals surface area contributed by atoms with Crippen LogP contribution in [0.5, 0.6) is 0 Å². The second-order valence-corrected chi connectivity index (χ2v) is 10.3. The maximum atomic E-state index is 13.8. The zero-order chi connectivity index (χ0) is 21.0. The number of fused-ring (bicyclic) bond motifs is 1. The molecule has 5 rings (SSSR count). The average Bonchev–Trinajstić information content (AvgIpc) is 3.46. The molecule has 4 heteroatoms. The van der Waals surface area contributed by atoms with Crippen LogP contribution in [0.3, 0.4) is 0 Å². The van der Waals surface area contributed by atoms with E-state index in [4.69, 9.17) is 0 Å². The molecule has 1 fully saturated rings. The van der Waals surface area contributed by atoms with Gasteiger partial charge in [0.25, 0.3) is 10.0 Å². The number of nitrogens with zero attached hydrogens (tertiary/aromatic N) is 1. The van der Waals surface area contributed by atoms with Gasteiger partial charge < -0.3 is 0 Å². The van der Waals surface area contributed by atoms with Gasteiger partial charge in [-0.25, -0.2) is 12.4 Å². The Kier molecular flexibility index (Phi) is 4.37. The normalized spacial score (nSPS) is 18.6. The molecule has 1 saturated carbocycles. The van der Waals surface area contributed by atoms with Crippen molar-refractivity contribution in [3.8, 4) is 0 Å². The largest absolute Gasteiger partial charge is 0.268 e. The zero-order valence-electron chi connectivity index (χ0n) is 17.5. The van der Waals surface area contributed by atoms with Gasteiger partial charge in [-0.15, -0.1) is 0 Å². The van der Waals surface area contributed by atoms with Gasteiger partial charge in [0, 0.05) is 17.0 Å². The third-order valence-electron chi connectivity index (χ3n) is 6.34. The smallest absolute Gasteiger partial charge is 0.237 e. The van der Waals surface area contributed by atoms with Crippen LogP contribution in [0.15, 0.2) is 77.7 Å². The second-order valence-electron chi connectivity index (χ2n) is 8.47. The van der Waals surface area contributed by atoms with Gasteiger partial charge in [-0.05, 0) is 62.4 Å². The number of benzene rings is 3. The van der Waals surface area contributed by atoms with E-state index in [9.17, 15) is 8.42 Å². The van der Waals surface area contributed by atoms with Gasteiger partial charge in [0.15, 0.2) is 0 Å². The number of rotatable bonds is 4. The molecular weight excluding hydrogens is 390 g/mol. The molecule has 1 aliphatic rings. The maximum absolute atomic E-state index is 13.8. The van der Waals surface area contributed by atoms with E-state index in [0.717, 1.165) is 34.1 Å². The summed E-state index contributed by atoms with van der Waals surface area (Å²) in [7, 11) is -3.69. The first-order valence-corrected chi connectivity index (χ1v) is 11.8. The number of hydrogen-bond acceptors (Lipinski definition) is 2. The Morgan fingerprint density at radius 1 is 0.767 bits per heavy atom. The summed E-state index contributed by atoms with van der Waals surface area (Å²) < 4.78 is 29.2. The molecule has 0 radical (unpaired) electrons. The van der Waals surface area contributed by atoms with Crippen molar-refractivity contribution < 1.29 is 8.42 Å². The first-order valence-electron chi connectivity index (χ1n) is 10.4. The Morgan fingerprint density at radius 3 is 2.03 bits per heavy atom. The molecule has 0 aliphatic heterocycles. The Hall–Kier alpha value is -2.85. The highest BCUT2D eigenvalue weighted by atomic mass is 32.2. The molecular formula is C26H25NO2S. The van der Waals surface area contributed by atoms with Gasteiger partial charge in [0.2, 0.25) is 0 Å². The fraction of sp³-hybridized carbons (Fsp3) is 0.231. The fourth-order valence-electron chi connectivity index (χ4n) is 4.57. The van der Waals surface area contributed by atoms with E-state index in [-0.39, 0.29) is 5.92 Å². The van der Waals surface area contributed by atoms with Crippen molar-refractivity contribution in [2.75, 3.05) is 0 Å². The molecule has 4 aromatic rings. The molecule has 0 amide bonds. The van der Waals surface area contributed by atoms with Crippen molar-refractivity contribution in [2.45, 2.75) is 43.9 Å². The van der Waals surface area contributed by atoms with E-state index in [2.05, 4.69) is 38.1 Å². The number of aromatic nitrogens is 1. The van der Waals surface area contributed by atoms with Crippen LogP contribution in [-0.4, -0.2) is 12.4 Å². The van der Waals surface area contributed by atoms with Crippen LogP contribution in [-0.2, 0) is 10.0 Å². The molecule has 1 heterocycles. The Morgan fingerprint density at radius 2 is 1.37 bits per heavy atom. The lowest BCUT2D eigenvalue weighted by Gasteiger charge is -2.13. The van der Waals surface area contributed by atoms with E-state index < -0.39 is 10.0 Å². The summed E-state index contributed by atoms with van der Waals surface area (Å²) in [5.41, 5.74) is 6.34. The number of aryl methyl sites for hydroxylation is 3. The predicted molar refractivity (Wildman–Crippen MR) is 122 cm³/mol. The highest BCUT2D eigenvalue weighted by Gasteiger charge is 2.44. The molecule has 2 atom stereocenters. The molecule has 1 aliphatic carbocycles. The summed E-state index contributed by atoms with van der Waals surface area (Å²) in [6.07, 6.45) is 0.976. The van der Waals surface area contributed by atoms with Gasteiger partial charge in [-0.1, -0.05) is 65.7 Å². The quantitative estimate of drug-likeness (QED) is 0.405. The lowest BCUT2D eigenvalue weighted by molar-refractivity contribution is 0.586. The Balaban J connectivity index is 1.69. The van der Waals surface area contributed by atoms with Crippen molar-refractivity contribution in [3.63, 3.8) is 0 Å². The zero-order valence-corrected chi connectivity index (χ0v) is 18.3. The van der Waals surface area contributed by atoms with E-state index >= 15 is 0 Å². The van der Waals surface area contributed by atoms with Gasteiger partial charge in [-0.2, -0.15) is 0 Å². The van der Waals surface area contributed by atoms with Crippen LogP contribution in [0.1, 0.15) is 46.2 Å². The second kappa shape index (κ2) is 6.85. The molecule has 0 spiro atoms. The fourth-order valence-corrected chi connectivity index (χ4v) is 6.21. The minimum Gasteiger partial charge on any atom is -0.237 e. The van der Waals surface area contributed by atoms with Crippen LogP contribution in [0.2, 0.25) is 0 Å². The molecule has 0 bridgehead atoms. The minimum absolute atomic E-state index is 0.209. The van der Waals surface area contributed by atoms with E-state index in [1.165, 1.54) is 11.1 Å². The first kappa shape index (κ1) is 19.1. The number of hydrogen-bond donors (Lipinski definition) is 0. The Bertz CT molecular complexity index is 1350. The van der Waals surface area contributed by atoms with Gasteiger partial charge >= 0.3 is 0 Å². The van der Waals surface area contributed by atoms with Crippen molar-refractivity contribution in [1.82, 2.24) is 3.97 Å². The SMILES string of the molecule is Cc1ccc([C@@H]2CC2c2c(C)c3ccccc3n2S(=O)(=O)c2ccc(C)cc2)cc1. The van der Waals surface area contributed by atoms with Crippen LogP contribution in [0.25, 0.3) is 10.9 Å². The van der Waals surface area contributed by atoms with Crippen molar-refractivity contribution in [2.24, 2.45) is 0 Å². The highest BCUT2D eigenvalue weighted by molar-refractivity contribution is 7.90. The third kappa shape index (κ3) is 2.98. The van der Waals surface area contributed by atoms with Crippen molar-refractivity contribution >= 4 is 20.9 Å². The van der Waals surface area contributed by atoms with Crippen LogP contribution >= 0.6 is 0 Å². The van der Waals surface area contributed by atoms with Crippen LogP contribution < -0.4 is 0 Å². The van der Waals surface area contributed by atoms with Crippen molar-refractivity contribution in [1.29, 1.82) is 0 Å². The lowest BCUT2D eigenvalue weighted by atomic mass is 10.0. The highest BCUT2D eigenvalue weighted by Crippen LogP contribution is 2.57. The topological polar surface area (TPSA) is 39.1 Å². The van der Waals surface area contributed by atoms with Gasteiger partial charge in [0.1, 0.15) is 0 Å². The van der Waals surface area contributed by atoms with Crippen LogP contribution in [0, 0.1) is 20.8 Å². The summed E-state index contributed by atoms with van der Waals surface area (Å²) in [6.45, 7) is 6.11. The number of para-hydroxylation sites is 1. The molecule has 3 aromatic carbocycles. The summed E-state index contributed by atoms with van der Waals surface area (Å²) in [5, 5.41) is 1.01. The third-order valence-corrected chi connectivity index (χ3v) is 8.08. The molecule has 0 N–H and O–H groups in total. The predicted octanol–water partition coefficient (Wildman–Crippen LogP) is 6.07. The van der Waals surface area contributed by atoms with E-state index in [1.54, 1.807) is 16.1 Å². The van der Waals surface area contributed by atoms with E-state index in [1.807, 2.05) is 43.3 Å². The summed E-state index contributed by atoms with van der Waals surface area (Å²) in [5.74, 6) is 0.570. The Labute approximate surface area is 178 Å². The van der Waals surface area contributed by atoms with E-state index in [0.29, 0.717) is 10.8 Å². The minimum atomic E-state index is -3.69. The molecule has 30 heavy (non-hydrogen) atoms. The monoisotopic (exact) mass is 415 g/mol. The van der Waals surface area contributed by atoms with Crippen LogP contribution in [0.4, 0.5) is 0 Å². The average molecular weight is 416 g/mol.